The summed E-state index contributed by atoms with van der Waals surface area (Å²) in [5.41, 5.74) is 18.7. The topological polar surface area (TPSA) is 38.4 Å². The Morgan fingerprint density at radius 3 is 1.98 bits per heavy atom. The molecule has 1 aliphatic rings. The lowest BCUT2D eigenvalue weighted by Gasteiger charge is -2.24. The molecule has 9 rings (SSSR count). The molecular weight excluding hydrogens is 617 g/mol. The van der Waals surface area contributed by atoms with Gasteiger partial charge in [-0.1, -0.05) is 178 Å². The van der Waals surface area contributed by atoms with E-state index >= 15 is 0 Å². The molecule has 1 aliphatic carbocycles. The summed E-state index contributed by atoms with van der Waals surface area (Å²) in [5.74, 6) is 0.507. The van der Waals surface area contributed by atoms with E-state index in [-0.39, 0.29) is 5.41 Å². The lowest BCUT2D eigenvalue weighted by atomic mass is 9.79. The SMILES string of the molecule is CC1(C)c2cc(-c3ccc(/C(=C/Cc4ccccc4)N=C(N)c4cccc5ccccc45)c4ccccc34)ccc2-c2ccc3ccccc3c21. The first kappa shape index (κ1) is 30.8. The minimum atomic E-state index is -0.127. The van der Waals surface area contributed by atoms with Crippen LogP contribution in [0.5, 0.6) is 0 Å². The molecule has 2 N–H and O–H groups in total. The number of amidine groups is 1. The summed E-state index contributed by atoms with van der Waals surface area (Å²) in [6, 6.07) is 58.7. The van der Waals surface area contributed by atoms with Crippen molar-refractivity contribution in [3.63, 3.8) is 0 Å². The Balaban J connectivity index is 1.18. The Labute approximate surface area is 299 Å². The van der Waals surface area contributed by atoms with E-state index in [0.29, 0.717) is 5.84 Å². The van der Waals surface area contributed by atoms with E-state index < -0.39 is 0 Å². The second kappa shape index (κ2) is 12.3. The van der Waals surface area contributed by atoms with Crippen LogP contribution in [0.4, 0.5) is 0 Å². The van der Waals surface area contributed by atoms with Crippen molar-refractivity contribution in [2.24, 2.45) is 10.7 Å². The van der Waals surface area contributed by atoms with Crippen LogP contribution < -0.4 is 5.73 Å². The number of hydrogen-bond acceptors (Lipinski definition) is 1. The third-order valence-electron chi connectivity index (χ3n) is 10.7. The number of allylic oxidation sites excluding steroid dienone is 1. The predicted octanol–water partition coefficient (Wildman–Crippen LogP) is 12.1. The van der Waals surface area contributed by atoms with E-state index in [9.17, 15) is 0 Å². The molecule has 0 atom stereocenters. The van der Waals surface area contributed by atoms with Crippen LogP contribution in [0.15, 0.2) is 175 Å². The van der Waals surface area contributed by atoms with Gasteiger partial charge in [-0.25, -0.2) is 4.99 Å². The molecule has 244 valence electrons. The van der Waals surface area contributed by atoms with Crippen LogP contribution in [0.25, 0.3) is 60.3 Å². The number of hydrogen-bond donors (Lipinski definition) is 1. The van der Waals surface area contributed by atoms with Crippen LogP contribution in [-0.4, -0.2) is 5.84 Å². The lowest BCUT2D eigenvalue weighted by Crippen LogP contribution is -2.15. The smallest absolute Gasteiger partial charge is 0.131 e. The van der Waals surface area contributed by atoms with E-state index in [1.807, 2.05) is 0 Å². The number of rotatable bonds is 6. The summed E-state index contributed by atoms with van der Waals surface area (Å²) in [7, 11) is 0. The fraction of sp³-hybridized carbons (Fsp3) is 0.0816. The van der Waals surface area contributed by atoms with Crippen molar-refractivity contribution < 1.29 is 0 Å². The van der Waals surface area contributed by atoms with Gasteiger partial charge in [0.25, 0.3) is 0 Å². The van der Waals surface area contributed by atoms with E-state index in [1.54, 1.807) is 0 Å². The molecule has 0 spiro atoms. The molecular formula is C49H38N2. The van der Waals surface area contributed by atoms with Crippen molar-refractivity contribution in [3.05, 3.63) is 198 Å². The lowest BCUT2D eigenvalue weighted by molar-refractivity contribution is 0.666. The summed E-state index contributed by atoms with van der Waals surface area (Å²) in [4.78, 5) is 5.20. The van der Waals surface area contributed by atoms with Gasteiger partial charge in [-0.3, -0.25) is 0 Å². The zero-order valence-corrected chi connectivity index (χ0v) is 28.9. The number of benzene rings is 8. The van der Waals surface area contributed by atoms with Crippen molar-refractivity contribution in [1.82, 2.24) is 0 Å². The van der Waals surface area contributed by atoms with Crippen molar-refractivity contribution in [2.45, 2.75) is 25.7 Å². The number of aliphatic imine (C=N–C) groups is 1. The van der Waals surface area contributed by atoms with Crippen LogP contribution in [0.1, 0.15) is 41.7 Å². The van der Waals surface area contributed by atoms with E-state index in [4.69, 9.17) is 10.7 Å². The first-order valence-electron chi connectivity index (χ1n) is 17.7. The standard InChI is InChI=1S/C49H38N2/c1-49(2)45-31-35(25-26-41(45)43-27-24-34-16-7-9-19-38(34)47(43)49)37-28-29-42(40-21-11-10-20-39(37)40)46(30-23-32-13-4-3-5-14-32)51-48(50)44-22-12-17-33-15-6-8-18-36(33)44/h3-22,24-31H,23H2,1-2H3,(H2,50,51)/b46-30-. The van der Waals surface area contributed by atoms with Crippen LogP contribution in [-0.2, 0) is 11.8 Å². The van der Waals surface area contributed by atoms with Crippen molar-refractivity contribution in [3.8, 4) is 22.3 Å². The van der Waals surface area contributed by atoms with Crippen LogP contribution in [0.2, 0.25) is 0 Å². The number of nitrogens with zero attached hydrogens (tertiary/aromatic N) is 1. The Kier molecular flexibility index (Phi) is 7.40. The first-order valence-corrected chi connectivity index (χ1v) is 17.7. The van der Waals surface area contributed by atoms with Gasteiger partial charge in [-0.15, -0.1) is 0 Å². The highest BCUT2D eigenvalue weighted by Crippen LogP contribution is 2.52. The maximum atomic E-state index is 6.89. The van der Waals surface area contributed by atoms with Crippen molar-refractivity contribution in [1.29, 1.82) is 0 Å². The molecule has 0 bridgehead atoms. The van der Waals surface area contributed by atoms with Gasteiger partial charge < -0.3 is 5.73 Å². The zero-order valence-electron chi connectivity index (χ0n) is 28.9. The maximum Gasteiger partial charge on any atom is 0.131 e. The molecule has 0 fully saturated rings. The third kappa shape index (κ3) is 5.23. The van der Waals surface area contributed by atoms with Gasteiger partial charge in [0, 0.05) is 16.5 Å². The van der Waals surface area contributed by atoms with Gasteiger partial charge in [-0.2, -0.15) is 0 Å². The van der Waals surface area contributed by atoms with Gasteiger partial charge >= 0.3 is 0 Å². The van der Waals surface area contributed by atoms with Crippen LogP contribution in [0.3, 0.4) is 0 Å². The maximum absolute atomic E-state index is 6.89. The highest BCUT2D eigenvalue weighted by atomic mass is 14.9. The van der Waals surface area contributed by atoms with E-state index in [1.165, 1.54) is 55.1 Å². The normalized spacial score (nSPS) is 13.8. The Bertz CT molecular complexity index is 2690. The molecule has 51 heavy (non-hydrogen) atoms. The molecule has 0 amide bonds. The second-order valence-electron chi connectivity index (χ2n) is 14.1. The van der Waals surface area contributed by atoms with Gasteiger partial charge in [0.2, 0.25) is 0 Å². The van der Waals surface area contributed by atoms with Crippen LogP contribution >= 0.6 is 0 Å². The third-order valence-corrected chi connectivity index (χ3v) is 10.7. The fourth-order valence-corrected chi connectivity index (χ4v) is 8.23. The summed E-state index contributed by atoms with van der Waals surface area (Å²) in [6.07, 6.45) is 2.96. The van der Waals surface area contributed by atoms with Gasteiger partial charge in [0.05, 0.1) is 5.70 Å². The molecule has 0 unspecified atom stereocenters. The summed E-state index contributed by atoms with van der Waals surface area (Å²) < 4.78 is 0. The molecule has 0 aliphatic heterocycles. The number of fused-ring (bicyclic) bond motifs is 7. The monoisotopic (exact) mass is 654 g/mol. The van der Waals surface area contributed by atoms with Crippen molar-refractivity contribution in [2.75, 3.05) is 0 Å². The first-order chi connectivity index (χ1) is 25.0. The second-order valence-corrected chi connectivity index (χ2v) is 14.1. The molecule has 2 nitrogen and oxygen atoms in total. The highest BCUT2D eigenvalue weighted by molar-refractivity contribution is 6.12. The minimum Gasteiger partial charge on any atom is -0.383 e. The molecule has 0 heterocycles. The average molecular weight is 655 g/mol. The summed E-state index contributed by atoms with van der Waals surface area (Å²) in [6.45, 7) is 4.74. The zero-order chi connectivity index (χ0) is 34.5. The van der Waals surface area contributed by atoms with Gasteiger partial charge in [0.15, 0.2) is 0 Å². The van der Waals surface area contributed by atoms with Crippen LogP contribution in [0, 0.1) is 0 Å². The van der Waals surface area contributed by atoms with E-state index in [2.05, 4.69) is 184 Å². The Morgan fingerprint density at radius 1 is 0.549 bits per heavy atom. The predicted molar refractivity (Wildman–Crippen MR) is 217 cm³/mol. The van der Waals surface area contributed by atoms with E-state index in [0.717, 1.165) is 39.4 Å². The summed E-state index contributed by atoms with van der Waals surface area (Å²) >= 11 is 0. The Morgan fingerprint density at radius 2 is 1.18 bits per heavy atom. The Hall–Kier alpha value is -6.25. The molecule has 8 aromatic rings. The van der Waals surface area contributed by atoms with Gasteiger partial charge in [-0.05, 0) is 83.7 Å². The molecule has 0 saturated carbocycles. The molecule has 8 aromatic carbocycles. The fourth-order valence-electron chi connectivity index (χ4n) is 8.23. The quantitative estimate of drug-likeness (QED) is 0.141. The van der Waals surface area contributed by atoms with Crippen molar-refractivity contribution >= 4 is 43.9 Å². The highest BCUT2D eigenvalue weighted by Gasteiger charge is 2.37. The molecule has 0 radical (unpaired) electrons. The molecule has 0 aromatic heterocycles. The molecule has 2 heteroatoms. The number of nitrogens with two attached hydrogens (primary N) is 1. The summed E-state index contributed by atoms with van der Waals surface area (Å²) in [5, 5.41) is 7.21. The largest absolute Gasteiger partial charge is 0.383 e. The molecule has 0 saturated heterocycles. The van der Waals surface area contributed by atoms with Gasteiger partial charge in [0.1, 0.15) is 5.84 Å². The average Bonchev–Trinajstić information content (AvgIpc) is 3.41. The minimum absolute atomic E-state index is 0.127.